The van der Waals surface area contributed by atoms with Gasteiger partial charge in [0.1, 0.15) is 0 Å². The molecule has 16 heavy (non-hydrogen) atoms. The van der Waals surface area contributed by atoms with Gasteiger partial charge in [0.25, 0.3) is 0 Å². The largest absolute Gasteiger partial charge is 0.396 e. The minimum absolute atomic E-state index is 0.0919. The van der Waals surface area contributed by atoms with Crippen LogP contribution in [0.5, 0.6) is 0 Å². The summed E-state index contributed by atoms with van der Waals surface area (Å²) in [7, 11) is 0. The Hall–Kier alpha value is -0.900. The molecule has 0 saturated heterocycles. The van der Waals surface area contributed by atoms with Crippen molar-refractivity contribution in [2.45, 2.75) is 32.3 Å². The second-order valence-corrected chi connectivity index (χ2v) is 3.34. The SMILES string of the molecule is CC.OCCC(O)(CCO)c1ccccc1. The van der Waals surface area contributed by atoms with Crippen LogP contribution in [0, 0.1) is 0 Å². The van der Waals surface area contributed by atoms with Crippen LogP contribution in [0.15, 0.2) is 30.3 Å². The van der Waals surface area contributed by atoms with E-state index in [0.29, 0.717) is 0 Å². The van der Waals surface area contributed by atoms with Crippen molar-refractivity contribution in [1.29, 1.82) is 0 Å². The fourth-order valence-corrected chi connectivity index (χ4v) is 1.53. The van der Waals surface area contributed by atoms with Crippen molar-refractivity contribution in [2.75, 3.05) is 13.2 Å². The highest BCUT2D eigenvalue weighted by atomic mass is 16.3. The number of benzene rings is 1. The lowest BCUT2D eigenvalue weighted by molar-refractivity contribution is -0.00965. The molecular weight excluding hydrogens is 204 g/mol. The zero-order valence-electron chi connectivity index (χ0n) is 10.1. The van der Waals surface area contributed by atoms with Gasteiger partial charge in [-0.25, -0.2) is 0 Å². The van der Waals surface area contributed by atoms with Crippen LogP contribution in [0.4, 0.5) is 0 Å². The maximum atomic E-state index is 10.2. The van der Waals surface area contributed by atoms with Crippen LogP contribution >= 0.6 is 0 Å². The molecule has 0 unspecified atom stereocenters. The second kappa shape index (κ2) is 8.28. The predicted molar refractivity (Wildman–Crippen MR) is 65.1 cm³/mol. The summed E-state index contributed by atoms with van der Waals surface area (Å²) in [4.78, 5) is 0. The van der Waals surface area contributed by atoms with Crippen molar-refractivity contribution < 1.29 is 15.3 Å². The molecule has 0 aliphatic carbocycles. The lowest BCUT2D eigenvalue weighted by Crippen LogP contribution is -2.28. The molecule has 0 spiro atoms. The van der Waals surface area contributed by atoms with Crippen LogP contribution < -0.4 is 0 Å². The lowest BCUT2D eigenvalue weighted by atomic mass is 9.88. The predicted octanol–water partition coefficient (Wildman–Crippen LogP) is 1.67. The van der Waals surface area contributed by atoms with E-state index in [-0.39, 0.29) is 26.1 Å². The molecule has 1 rings (SSSR count). The van der Waals surface area contributed by atoms with E-state index in [0.717, 1.165) is 5.56 Å². The van der Waals surface area contributed by atoms with Gasteiger partial charge in [-0.05, 0) is 5.56 Å². The molecule has 0 fully saturated rings. The fourth-order valence-electron chi connectivity index (χ4n) is 1.53. The van der Waals surface area contributed by atoms with Gasteiger partial charge in [0.15, 0.2) is 0 Å². The normalized spacial score (nSPS) is 10.6. The average Bonchev–Trinajstić information content (AvgIpc) is 2.33. The molecule has 3 heteroatoms. The summed E-state index contributed by atoms with van der Waals surface area (Å²) in [5.41, 5.74) is -0.367. The van der Waals surface area contributed by atoms with Crippen molar-refractivity contribution in [3.8, 4) is 0 Å². The first-order valence-corrected chi connectivity index (χ1v) is 5.72. The topological polar surface area (TPSA) is 60.7 Å². The summed E-state index contributed by atoms with van der Waals surface area (Å²) in [6.07, 6.45) is 0.495. The molecule has 3 nitrogen and oxygen atoms in total. The number of hydrogen-bond donors (Lipinski definition) is 3. The van der Waals surface area contributed by atoms with Crippen LogP contribution in [0.25, 0.3) is 0 Å². The number of rotatable bonds is 5. The van der Waals surface area contributed by atoms with E-state index in [9.17, 15) is 5.11 Å². The van der Waals surface area contributed by atoms with E-state index in [1.165, 1.54) is 0 Å². The van der Waals surface area contributed by atoms with Crippen LogP contribution in [0.1, 0.15) is 32.3 Å². The molecule has 0 bridgehead atoms. The molecular formula is C13H22O3. The van der Waals surface area contributed by atoms with Gasteiger partial charge in [-0.3, -0.25) is 0 Å². The Morgan fingerprint density at radius 3 is 1.75 bits per heavy atom. The number of aliphatic hydroxyl groups excluding tert-OH is 2. The lowest BCUT2D eigenvalue weighted by Gasteiger charge is -2.27. The molecule has 3 N–H and O–H groups in total. The Balaban J connectivity index is 0.00000106. The van der Waals surface area contributed by atoms with Crippen molar-refractivity contribution in [3.63, 3.8) is 0 Å². The molecule has 1 aromatic rings. The van der Waals surface area contributed by atoms with E-state index >= 15 is 0 Å². The third kappa shape index (κ3) is 4.31. The van der Waals surface area contributed by atoms with E-state index in [2.05, 4.69) is 0 Å². The van der Waals surface area contributed by atoms with E-state index in [1.807, 2.05) is 32.0 Å². The summed E-state index contributed by atoms with van der Waals surface area (Å²) < 4.78 is 0. The Labute approximate surface area is 97.4 Å². The van der Waals surface area contributed by atoms with Crippen LogP contribution in [0.2, 0.25) is 0 Å². The molecule has 92 valence electrons. The Bertz CT molecular complexity index is 253. The molecule has 0 amide bonds. The van der Waals surface area contributed by atoms with Gasteiger partial charge < -0.3 is 15.3 Å². The highest BCUT2D eigenvalue weighted by Gasteiger charge is 2.27. The molecule has 0 heterocycles. The molecule has 0 saturated carbocycles. The van der Waals surface area contributed by atoms with Gasteiger partial charge >= 0.3 is 0 Å². The first kappa shape index (κ1) is 15.1. The van der Waals surface area contributed by atoms with Gasteiger partial charge in [0.05, 0.1) is 5.60 Å². The van der Waals surface area contributed by atoms with Crippen molar-refractivity contribution in [1.82, 2.24) is 0 Å². The quantitative estimate of drug-likeness (QED) is 0.715. The highest BCUT2D eigenvalue weighted by molar-refractivity contribution is 5.22. The summed E-state index contributed by atoms with van der Waals surface area (Å²) >= 11 is 0. The van der Waals surface area contributed by atoms with Gasteiger partial charge in [0, 0.05) is 26.1 Å². The molecule has 0 radical (unpaired) electrons. The summed E-state index contributed by atoms with van der Waals surface area (Å²) in [5, 5.41) is 27.9. The van der Waals surface area contributed by atoms with E-state index in [4.69, 9.17) is 10.2 Å². The smallest absolute Gasteiger partial charge is 0.0940 e. The number of hydrogen-bond acceptors (Lipinski definition) is 3. The Kier molecular flexibility index (Phi) is 7.81. The van der Waals surface area contributed by atoms with Gasteiger partial charge in [0.2, 0.25) is 0 Å². The van der Waals surface area contributed by atoms with Crippen molar-refractivity contribution >= 4 is 0 Å². The molecule has 0 atom stereocenters. The monoisotopic (exact) mass is 226 g/mol. The first-order valence-electron chi connectivity index (χ1n) is 5.72. The molecule has 0 aliphatic heterocycles. The Morgan fingerprint density at radius 2 is 1.38 bits per heavy atom. The van der Waals surface area contributed by atoms with Gasteiger partial charge in [-0.1, -0.05) is 44.2 Å². The highest BCUT2D eigenvalue weighted by Crippen LogP contribution is 2.27. The second-order valence-electron chi connectivity index (χ2n) is 3.34. The van der Waals surface area contributed by atoms with Gasteiger partial charge in [-0.2, -0.15) is 0 Å². The van der Waals surface area contributed by atoms with Crippen molar-refractivity contribution in [3.05, 3.63) is 35.9 Å². The maximum absolute atomic E-state index is 10.2. The summed E-state index contributed by atoms with van der Waals surface area (Å²) in [6, 6.07) is 9.11. The fraction of sp³-hybridized carbons (Fsp3) is 0.538. The molecule has 1 aromatic carbocycles. The average molecular weight is 226 g/mol. The van der Waals surface area contributed by atoms with Gasteiger partial charge in [-0.15, -0.1) is 0 Å². The summed E-state index contributed by atoms with van der Waals surface area (Å²) in [6.45, 7) is 3.82. The van der Waals surface area contributed by atoms with Crippen LogP contribution in [-0.2, 0) is 5.60 Å². The Morgan fingerprint density at radius 1 is 0.938 bits per heavy atom. The zero-order valence-corrected chi connectivity index (χ0v) is 10.1. The zero-order chi connectivity index (χ0) is 12.4. The minimum atomic E-state index is -1.11. The molecule has 0 aromatic heterocycles. The molecule has 0 aliphatic rings. The van der Waals surface area contributed by atoms with E-state index < -0.39 is 5.60 Å². The third-order valence-electron chi connectivity index (χ3n) is 2.36. The maximum Gasteiger partial charge on any atom is 0.0940 e. The standard InChI is InChI=1S/C11H16O3.C2H6/c12-8-6-11(14,7-9-13)10-4-2-1-3-5-10;1-2/h1-5,12-14H,6-9H2;1-2H3. The van der Waals surface area contributed by atoms with Crippen LogP contribution in [0.3, 0.4) is 0 Å². The van der Waals surface area contributed by atoms with E-state index in [1.54, 1.807) is 12.1 Å². The summed E-state index contributed by atoms with van der Waals surface area (Å²) in [5.74, 6) is 0. The van der Waals surface area contributed by atoms with Crippen LogP contribution in [-0.4, -0.2) is 28.5 Å². The van der Waals surface area contributed by atoms with Crippen molar-refractivity contribution in [2.24, 2.45) is 0 Å². The third-order valence-corrected chi connectivity index (χ3v) is 2.36. The minimum Gasteiger partial charge on any atom is -0.396 e. The number of aliphatic hydroxyl groups is 3. The first-order chi connectivity index (χ1) is 7.73.